The van der Waals surface area contributed by atoms with Crippen LogP contribution in [0.3, 0.4) is 0 Å². The zero-order chi connectivity index (χ0) is 15.7. The highest BCUT2D eigenvalue weighted by Gasteiger charge is 2.36. The van der Waals surface area contributed by atoms with Gasteiger partial charge in [0.15, 0.2) is 0 Å². The maximum absolute atomic E-state index is 13.1. The van der Waals surface area contributed by atoms with E-state index in [4.69, 9.17) is 0 Å². The number of β-amino-alcohol motifs (C(OH)–C–C–N with tert-alkyl or cyclic N) is 1. The Bertz CT molecular complexity index is 687. The summed E-state index contributed by atoms with van der Waals surface area (Å²) in [5.74, 6) is -0.523. The Morgan fingerprint density at radius 2 is 2.05 bits per heavy atom. The van der Waals surface area contributed by atoms with Crippen LogP contribution < -0.4 is 0 Å². The highest BCUT2D eigenvalue weighted by molar-refractivity contribution is 5.94. The molecule has 0 saturated carbocycles. The number of amides is 1. The van der Waals surface area contributed by atoms with Gasteiger partial charge < -0.3 is 10.0 Å². The minimum Gasteiger partial charge on any atom is -0.391 e. The second kappa shape index (κ2) is 5.85. The number of nitrogens with zero attached hydrogens (tertiary/aromatic N) is 2. The molecular formula is C17H17FN2O2. The lowest BCUT2D eigenvalue weighted by Crippen LogP contribution is -2.32. The van der Waals surface area contributed by atoms with Crippen LogP contribution in [0.5, 0.6) is 0 Å². The largest absolute Gasteiger partial charge is 0.391 e. The van der Waals surface area contributed by atoms with Crippen LogP contribution in [0, 0.1) is 12.7 Å². The van der Waals surface area contributed by atoms with Gasteiger partial charge in [0.05, 0.1) is 12.1 Å². The summed E-state index contributed by atoms with van der Waals surface area (Å²) in [7, 11) is 0. The molecule has 0 aliphatic carbocycles. The molecule has 0 bridgehead atoms. The Balaban J connectivity index is 1.92. The predicted octanol–water partition coefficient (Wildman–Crippen LogP) is 2.48. The third-order valence-corrected chi connectivity index (χ3v) is 4.01. The third kappa shape index (κ3) is 2.72. The van der Waals surface area contributed by atoms with Crippen molar-refractivity contribution in [2.45, 2.75) is 25.5 Å². The normalized spacial score (nSPS) is 21.1. The van der Waals surface area contributed by atoms with Crippen molar-refractivity contribution in [1.29, 1.82) is 0 Å². The fourth-order valence-corrected chi connectivity index (χ4v) is 2.88. The lowest BCUT2D eigenvalue weighted by atomic mass is 10.0. The van der Waals surface area contributed by atoms with Gasteiger partial charge in [0, 0.05) is 12.7 Å². The summed E-state index contributed by atoms with van der Waals surface area (Å²) >= 11 is 0. The fraction of sp³-hybridized carbons (Fsp3) is 0.294. The van der Waals surface area contributed by atoms with Gasteiger partial charge in [-0.25, -0.2) is 4.39 Å². The van der Waals surface area contributed by atoms with E-state index in [1.807, 2.05) is 13.0 Å². The maximum Gasteiger partial charge on any atom is 0.273 e. The van der Waals surface area contributed by atoms with Crippen molar-refractivity contribution in [2.75, 3.05) is 6.54 Å². The molecule has 1 aromatic carbocycles. The zero-order valence-electron chi connectivity index (χ0n) is 12.2. The predicted molar refractivity (Wildman–Crippen MR) is 79.8 cm³/mol. The summed E-state index contributed by atoms with van der Waals surface area (Å²) in [5.41, 5.74) is 2.01. The highest BCUT2D eigenvalue weighted by Crippen LogP contribution is 2.33. The standard InChI is InChI=1S/C17H17FN2O2/c1-11-3-2-8-19-16(11)17(22)20-10-14(21)9-15(20)12-4-6-13(18)7-5-12/h2-8,14-15,21H,9-10H2,1H3/t14-,15+/m0/s1. The van der Waals surface area contributed by atoms with Gasteiger partial charge in [0.1, 0.15) is 11.5 Å². The Kier molecular flexibility index (Phi) is 3.90. The number of benzene rings is 1. The molecule has 1 saturated heterocycles. The first-order chi connectivity index (χ1) is 10.6. The molecule has 0 unspecified atom stereocenters. The second-order valence-electron chi connectivity index (χ2n) is 5.58. The monoisotopic (exact) mass is 300 g/mol. The average Bonchev–Trinajstić information content (AvgIpc) is 2.90. The van der Waals surface area contributed by atoms with E-state index in [1.54, 1.807) is 29.3 Å². The molecule has 3 rings (SSSR count). The quantitative estimate of drug-likeness (QED) is 0.927. The van der Waals surface area contributed by atoms with Gasteiger partial charge in [0.25, 0.3) is 5.91 Å². The number of aliphatic hydroxyl groups excluding tert-OH is 1. The van der Waals surface area contributed by atoms with Gasteiger partial charge in [0.2, 0.25) is 0 Å². The van der Waals surface area contributed by atoms with Crippen molar-refractivity contribution < 1.29 is 14.3 Å². The average molecular weight is 300 g/mol. The van der Waals surface area contributed by atoms with Crippen molar-refractivity contribution >= 4 is 5.91 Å². The summed E-state index contributed by atoms with van der Waals surface area (Å²) in [4.78, 5) is 18.5. The van der Waals surface area contributed by atoms with Crippen molar-refractivity contribution in [1.82, 2.24) is 9.88 Å². The number of hydrogen-bond donors (Lipinski definition) is 1. The van der Waals surface area contributed by atoms with Gasteiger partial charge >= 0.3 is 0 Å². The lowest BCUT2D eigenvalue weighted by molar-refractivity contribution is 0.0709. The van der Waals surface area contributed by atoms with E-state index in [0.717, 1.165) is 11.1 Å². The SMILES string of the molecule is Cc1cccnc1C(=O)N1C[C@@H](O)C[C@@H]1c1ccc(F)cc1. The second-order valence-corrected chi connectivity index (χ2v) is 5.58. The summed E-state index contributed by atoms with van der Waals surface area (Å²) in [6.07, 6.45) is 1.45. The van der Waals surface area contributed by atoms with E-state index in [1.165, 1.54) is 12.1 Å². The van der Waals surface area contributed by atoms with E-state index in [0.29, 0.717) is 12.1 Å². The summed E-state index contributed by atoms with van der Waals surface area (Å²) in [5, 5.41) is 9.96. The van der Waals surface area contributed by atoms with Crippen molar-refractivity contribution in [3.8, 4) is 0 Å². The Morgan fingerprint density at radius 3 is 2.73 bits per heavy atom. The minimum atomic E-state index is -0.581. The Hall–Kier alpha value is -2.27. The number of carbonyl (C=O) groups is 1. The van der Waals surface area contributed by atoms with Gasteiger partial charge in [-0.1, -0.05) is 18.2 Å². The van der Waals surface area contributed by atoms with Crippen molar-refractivity contribution in [3.05, 3.63) is 65.2 Å². The number of pyridine rings is 1. The first kappa shape index (κ1) is 14.7. The molecule has 2 atom stereocenters. The van der Waals surface area contributed by atoms with Gasteiger partial charge in [-0.3, -0.25) is 9.78 Å². The van der Waals surface area contributed by atoms with E-state index in [2.05, 4.69) is 4.98 Å². The molecule has 0 spiro atoms. The molecule has 1 aliphatic heterocycles. The highest BCUT2D eigenvalue weighted by atomic mass is 19.1. The van der Waals surface area contributed by atoms with E-state index in [9.17, 15) is 14.3 Å². The molecule has 1 aromatic heterocycles. The first-order valence-electron chi connectivity index (χ1n) is 7.22. The fourth-order valence-electron chi connectivity index (χ4n) is 2.88. The van der Waals surface area contributed by atoms with Crippen LogP contribution in [-0.4, -0.2) is 33.5 Å². The van der Waals surface area contributed by atoms with Crippen LogP contribution >= 0.6 is 0 Å². The number of aromatic nitrogens is 1. The zero-order valence-corrected chi connectivity index (χ0v) is 12.2. The molecule has 5 heteroatoms. The summed E-state index contributed by atoms with van der Waals surface area (Å²) in [6, 6.07) is 9.41. The van der Waals surface area contributed by atoms with Crippen molar-refractivity contribution in [2.24, 2.45) is 0 Å². The van der Waals surface area contributed by atoms with E-state index >= 15 is 0 Å². The number of hydrogen-bond acceptors (Lipinski definition) is 3. The number of aliphatic hydroxyl groups is 1. The summed E-state index contributed by atoms with van der Waals surface area (Å²) in [6.45, 7) is 2.09. The molecule has 1 fully saturated rings. The topological polar surface area (TPSA) is 53.4 Å². The maximum atomic E-state index is 13.1. The Labute approximate surface area is 128 Å². The molecular weight excluding hydrogens is 283 g/mol. The molecule has 2 heterocycles. The molecule has 0 radical (unpaired) electrons. The first-order valence-corrected chi connectivity index (χ1v) is 7.22. The van der Waals surface area contributed by atoms with Crippen LogP contribution in [0.2, 0.25) is 0 Å². The van der Waals surface area contributed by atoms with Gasteiger partial charge in [-0.05, 0) is 42.7 Å². The van der Waals surface area contributed by atoms with Gasteiger partial charge in [-0.2, -0.15) is 0 Å². The molecule has 1 amide bonds. The minimum absolute atomic E-state index is 0.205. The molecule has 22 heavy (non-hydrogen) atoms. The lowest BCUT2D eigenvalue weighted by Gasteiger charge is -2.25. The third-order valence-electron chi connectivity index (χ3n) is 4.01. The van der Waals surface area contributed by atoms with Crippen molar-refractivity contribution in [3.63, 3.8) is 0 Å². The van der Waals surface area contributed by atoms with E-state index in [-0.39, 0.29) is 24.3 Å². The number of rotatable bonds is 2. The van der Waals surface area contributed by atoms with E-state index < -0.39 is 6.10 Å². The molecule has 1 aliphatic rings. The van der Waals surface area contributed by atoms with Crippen LogP contribution in [0.1, 0.15) is 34.1 Å². The summed E-state index contributed by atoms with van der Waals surface area (Å²) < 4.78 is 13.1. The van der Waals surface area contributed by atoms with Crippen LogP contribution in [0.4, 0.5) is 4.39 Å². The van der Waals surface area contributed by atoms with Gasteiger partial charge in [-0.15, -0.1) is 0 Å². The van der Waals surface area contributed by atoms with Crippen LogP contribution in [-0.2, 0) is 0 Å². The number of carbonyl (C=O) groups excluding carboxylic acids is 1. The van der Waals surface area contributed by atoms with Crippen LogP contribution in [0.25, 0.3) is 0 Å². The molecule has 4 nitrogen and oxygen atoms in total. The van der Waals surface area contributed by atoms with Crippen LogP contribution in [0.15, 0.2) is 42.6 Å². The number of aryl methyl sites for hydroxylation is 1. The Morgan fingerprint density at radius 1 is 1.32 bits per heavy atom. The smallest absolute Gasteiger partial charge is 0.273 e. The molecule has 1 N–H and O–H groups in total. The molecule has 114 valence electrons. The number of likely N-dealkylation sites (tertiary alicyclic amines) is 1. The molecule has 2 aromatic rings. The number of halogens is 1.